The molecule has 1 aliphatic heterocycles. The van der Waals surface area contributed by atoms with Crippen LogP contribution in [0, 0.1) is 5.92 Å². The smallest absolute Gasteiger partial charge is 0.114 e. The van der Waals surface area contributed by atoms with Crippen molar-refractivity contribution in [3.63, 3.8) is 0 Å². The average molecular weight is 304 g/mol. The summed E-state index contributed by atoms with van der Waals surface area (Å²) < 4.78 is 6.12. The second-order valence-electron chi connectivity index (χ2n) is 5.79. The van der Waals surface area contributed by atoms with Crippen LogP contribution in [0.15, 0.2) is 0 Å². The minimum absolute atomic E-state index is 0.0955. The molecule has 2 N–H and O–H groups in total. The normalized spacial score (nSPS) is 51.2. The van der Waals surface area contributed by atoms with E-state index in [1.807, 2.05) is 0 Å². The molecule has 0 spiro atoms. The van der Waals surface area contributed by atoms with Crippen LogP contribution in [-0.2, 0) is 4.74 Å². The molecule has 3 nitrogen and oxygen atoms in total. The van der Waals surface area contributed by atoms with Gasteiger partial charge in [0, 0.05) is 16.8 Å². The highest BCUT2D eigenvalue weighted by Gasteiger charge is 2.43. The van der Waals surface area contributed by atoms with Gasteiger partial charge in [0.25, 0.3) is 0 Å². The molecule has 98 valence electrons. The van der Waals surface area contributed by atoms with Crippen LogP contribution in [0.3, 0.4) is 0 Å². The van der Waals surface area contributed by atoms with Gasteiger partial charge in [0.15, 0.2) is 0 Å². The third kappa shape index (κ3) is 2.55. The Morgan fingerprint density at radius 1 is 1.12 bits per heavy atom. The van der Waals surface area contributed by atoms with E-state index in [9.17, 15) is 5.11 Å². The van der Waals surface area contributed by atoms with Crippen LogP contribution in [0.1, 0.15) is 44.9 Å². The predicted molar refractivity (Wildman–Crippen MR) is 70.1 cm³/mol. The van der Waals surface area contributed by atoms with E-state index in [1.165, 1.54) is 25.7 Å². The van der Waals surface area contributed by atoms with Crippen LogP contribution in [0.5, 0.6) is 0 Å². The van der Waals surface area contributed by atoms with Crippen LogP contribution in [0.4, 0.5) is 0 Å². The van der Waals surface area contributed by atoms with Crippen molar-refractivity contribution in [3.05, 3.63) is 0 Å². The fourth-order valence-corrected chi connectivity index (χ4v) is 4.23. The van der Waals surface area contributed by atoms with Gasteiger partial charge in [-0.2, -0.15) is 0 Å². The second-order valence-corrected chi connectivity index (χ2v) is 7.09. The van der Waals surface area contributed by atoms with Crippen molar-refractivity contribution in [2.45, 2.75) is 74.3 Å². The molecule has 2 saturated carbocycles. The van der Waals surface area contributed by atoms with E-state index >= 15 is 0 Å². The van der Waals surface area contributed by atoms with Crippen LogP contribution in [0.2, 0.25) is 0 Å². The third-order valence-electron chi connectivity index (χ3n) is 4.60. The van der Waals surface area contributed by atoms with Gasteiger partial charge < -0.3 is 9.84 Å². The fourth-order valence-electron chi connectivity index (χ4n) is 3.59. The molecule has 3 rings (SSSR count). The molecule has 3 fully saturated rings. The molecule has 0 radical (unpaired) electrons. The van der Waals surface area contributed by atoms with Crippen molar-refractivity contribution < 1.29 is 9.84 Å². The molecule has 0 bridgehead atoms. The Morgan fingerprint density at radius 2 is 1.94 bits per heavy atom. The van der Waals surface area contributed by atoms with Gasteiger partial charge in [-0.05, 0) is 32.1 Å². The van der Waals surface area contributed by atoms with E-state index < -0.39 is 0 Å². The first kappa shape index (κ1) is 12.4. The highest BCUT2D eigenvalue weighted by atomic mass is 79.9. The summed E-state index contributed by atoms with van der Waals surface area (Å²) in [5.74, 6) is 0.286. The van der Waals surface area contributed by atoms with E-state index in [2.05, 4.69) is 21.2 Å². The minimum atomic E-state index is -0.217. The molecule has 6 atom stereocenters. The minimum Gasteiger partial charge on any atom is -0.393 e. The number of aliphatic hydroxyl groups is 1. The Labute approximate surface area is 111 Å². The van der Waals surface area contributed by atoms with Crippen LogP contribution in [-0.4, -0.2) is 34.4 Å². The maximum absolute atomic E-state index is 10.2. The predicted octanol–water partition coefficient (Wildman–Crippen LogP) is 2.17. The molecule has 0 aromatic heterocycles. The largest absolute Gasteiger partial charge is 0.393 e. The van der Waals surface area contributed by atoms with E-state index in [-0.39, 0.29) is 18.2 Å². The van der Waals surface area contributed by atoms with Gasteiger partial charge in [0.1, 0.15) is 6.23 Å². The summed E-state index contributed by atoms with van der Waals surface area (Å²) in [6.45, 7) is 0. The molecule has 6 unspecified atom stereocenters. The molecular formula is C13H22BrNO2. The average Bonchev–Trinajstić information content (AvgIpc) is 2.72. The Hall–Kier alpha value is 0.360. The van der Waals surface area contributed by atoms with Gasteiger partial charge >= 0.3 is 0 Å². The molecule has 4 heteroatoms. The quantitative estimate of drug-likeness (QED) is 0.730. The maximum atomic E-state index is 10.2. The summed E-state index contributed by atoms with van der Waals surface area (Å²) in [6.07, 6.45) is 8.41. The monoisotopic (exact) mass is 303 g/mol. The molecule has 17 heavy (non-hydrogen) atoms. The zero-order valence-electron chi connectivity index (χ0n) is 10.1. The standard InChI is InChI=1S/C13H22BrNO2/c14-8-5-6-9(11(16)7-8)13-15-10-3-1-2-4-12(10)17-13/h8-13,15-16H,1-7H2. The van der Waals surface area contributed by atoms with Crippen LogP contribution in [0.25, 0.3) is 0 Å². The lowest BCUT2D eigenvalue weighted by molar-refractivity contribution is -0.0580. The third-order valence-corrected chi connectivity index (χ3v) is 5.43. The molecule has 1 saturated heterocycles. The lowest BCUT2D eigenvalue weighted by atomic mass is 9.85. The highest BCUT2D eigenvalue weighted by Crippen LogP contribution is 2.36. The van der Waals surface area contributed by atoms with E-state index in [4.69, 9.17) is 4.74 Å². The lowest BCUT2D eigenvalue weighted by Gasteiger charge is -2.34. The number of nitrogens with one attached hydrogen (secondary N) is 1. The zero-order chi connectivity index (χ0) is 11.8. The summed E-state index contributed by atoms with van der Waals surface area (Å²) in [5.41, 5.74) is 0. The van der Waals surface area contributed by atoms with Crippen molar-refractivity contribution in [1.29, 1.82) is 0 Å². The zero-order valence-corrected chi connectivity index (χ0v) is 11.7. The molecular weight excluding hydrogens is 282 g/mol. The molecule has 0 aromatic rings. The molecule has 0 amide bonds. The van der Waals surface area contributed by atoms with Crippen molar-refractivity contribution in [1.82, 2.24) is 5.32 Å². The van der Waals surface area contributed by atoms with Crippen molar-refractivity contribution in [2.75, 3.05) is 0 Å². The Morgan fingerprint density at radius 3 is 2.71 bits per heavy atom. The maximum Gasteiger partial charge on any atom is 0.114 e. The van der Waals surface area contributed by atoms with E-state index in [0.717, 1.165) is 19.3 Å². The second kappa shape index (κ2) is 5.16. The highest BCUT2D eigenvalue weighted by molar-refractivity contribution is 9.09. The first-order valence-electron chi connectivity index (χ1n) is 6.97. The summed E-state index contributed by atoms with van der Waals surface area (Å²) >= 11 is 3.60. The van der Waals surface area contributed by atoms with Crippen molar-refractivity contribution in [3.8, 4) is 0 Å². The van der Waals surface area contributed by atoms with Crippen molar-refractivity contribution >= 4 is 15.9 Å². The lowest BCUT2D eigenvalue weighted by Crippen LogP contribution is -2.44. The SMILES string of the molecule is OC1CC(Br)CCC1C1NC2CCCCC2O1. The first-order chi connectivity index (χ1) is 8.24. The van der Waals surface area contributed by atoms with Gasteiger partial charge in [0.2, 0.25) is 0 Å². The van der Waals surface area contributed by atoms with Crippen LogP contribution >= 0.6 is 15.9 Å². The van der Waals surface area contributed by atoms with Gasteiger partial charge in [-0.15, -0.1) is 0 Å². The fraction of sp³-hybridized carbons (Fsp3) is 1.00. The molecule has 3 aliphatic rings. The summed E-state index contributed by atoms with van der Waals surface area (Å²) in [4.78, 5) is 0.484. The van der Waals surface area contributed by atoms with Gasteiger partial charge in [-0.25, -0.2) is 0 Å². The number of halogens is 1. The molecule has 1 heterocycles. The van der Waals surface area contributed by atoms with E-state index in [0.29, 0.717) is 17.0 Å². The number of ether oxygens (including phenoxy) is 1. The number of rotatable bonds is 1. The number of aliphatic hydroxyl groups excluding tert-OH is 1. The number of hydrogen-bond acceptors (Lipinski definition) is 3. The topological polar surface area (TPSA) is 41.5 Å². The molecule has 2 aliphatic carbocycles. The number of hydrogen-bond donors (Lipinski definition) is 2. The van der Waals surface area contributed by atoms with E-state index in [1.54, 1.807) is 0 Å². The number of alkyl halides is 1. The van der Waals surface area contributed by atoms with Gasteiger partial charge in [0.05, 0.1) is 12.2 Å². The van der Waals surface area contributed by atoms with Gasteiger partial charge in [-0.3, -0.25) is 5.32 Å². The Bertz CT molecular complexity index is 262. The van der Waals surface area contributed by atoms with Crippen molar-refractivity contribution in [2.24, 2.45) is 5.92 Å². The molecule has 0 aromatic carbocycles. The Kier molecular flexibility index (Phi) is 3.76. The Balaban J connectivity index is 1.61. The van der Waals surface area contributed by atoms with Crippen LogP contribution < -0.4 is 5.32 Å². The number of fused-ring (bicyclic) bond motifs is 1. The summed E-state index contributed by atoms with van der Waals surface area (Å²) in [6, 6.07) is 0.544. The summed E-state index contributed by atoms with van der Waals surface area (Å²) in [5, 5.41) is 13.8. The van der Waals surface area contributed by atoms with Gasteiger partial charge in [-0.1, -0.05) is 28.8 Å². The first-order valence-corrected chi connectivity index (χ1v) is 7.89. The summed E-state index contributed by atoms with van der Waals surface area (Å²) in [7, 11) is 0.